The molecule has 1 aromatic carbocycles. The normalized spacial score (nSPS) is 15.6. The quantitative estimate of drug-likeness (QED) is 0.709. The molecule has 1 aliphatic rings. The fourth-order valence-corrected chi connectivity index (χ4v) is 4.38. The molecule has 1 amide bonds. The van der Waals surface area contributed by atoms with Gasteiger partial charge in [-0.3, -0.25) is 9.69 Å². The molecule has 1 saturated heterocycles. The summed E-state index contributed by atoms with van der Waals surface area (Å²) in [5, 5.41) is 3.27. The Morgan fingerprint density at radius 2 is 1.89 bits per heavy atom. The number of likely N-dealkylation sites (tertiary alicyclic amines) is 1. The van der Waals surface area contributed by atoms with Crippen molar-refractivity contribution in [2.45, 2.75) is 39.8 Å². The zero-order valence-electron chi connectivity index (χ0n) is 17.5. The number of nitrogens with zero attached hydrogens (tertiary/aromatic N) is 4. The van der Waals surface area contributed by atoms with E-state index in [2.05, 4.69) is 51.4 Å². The second-order valence-corrected chi connectivity index (χ2v) is 8.88. The van der Waals surface area contributed by atoms with Gasteiger partial charge in [0.15, 0.2) is 0 Å². The third-order valence-electron chi connectivity index (χ3n) is 5.51. The minimum Gasteiger partial charge on any atom is -0.378 e. The lowest BCUT2D eigenvalue weighted by atomic mass is 9.95. The first kappa shape index (κ1) is 20.8. The smallest absolute Gasteiger partial charge is 0.226 e. The van der Waals surface area contributed by atoms with Crippen LogP contribution in [-0.4, -0.2) is 54.4 Å². The second kappa shape index (κ2) is 9.52. The van der Waals surface area contributed by atoms with Crippen LogP contribution in [0.25, 0.3) is 0 Å². The molecule has 28 heavy (non-hydrogen) atoms. The number of benzene rings is 1. The van der Waals surface area contributed by atoms with Crippen LogP contribution in [-0.2, 0) is 17.9 Å². The number of rotatable bonds is 7. The van der Waals surface area contributed by atoms with Gasteiger partial charge >= 0.3 is 0 Å². The third-order valence-corrected chi connectivity index (χ3v) is 6.33. The first-order chi connectivity index (χ1) is 13.5. The van der Waals surface area contributed by atoms with Gasteiger partial charge in [-0.1, -0.05) is 12.1 Å². The van der Waals surface area contributed by atoms with Crippen LogP contribution in [0, 0.1) is 12.8 Å². The van der Waals surface area contributed by atoms with Gasteiger partial charge in [0, 0.05) is 50.7 Å². The summed E-state index contributed by atoms with van der Waals surface area (Å²) in [6, 6.07) is 8.49. The molecule has 0 N–H and O–H groups in total. The van der Waals surface area contributed by atoms with Gasteiger partial charge in [-0.2, -0.15) is 0 Å². The predicted molar refractivity (Wildman–Crippen MR) is 117 cm³/mol. The fourth-order valence-electron chi connectivity index (χ4n) is 3.77. The summed E-state index contributed by atoms with van der Waals surface area (Å²) in [5.74, 6) is 0.456. The van der Waals surface area contributed by atoms with Gasteiger partial charge < -0.3 is 9.80 Å². The number of aryl methyl sites for hydroxylation is 1. The van der Waals surface area contributed by atoms with Crippen LogP contribution >= 0.6 is 11.3 Å². The van der Waals surface area contributed by atoms with Crippen molar-refractivity contribution in [2.75, 3.05) is 38.6 Å². The van der Waals surface area contributed by atoms with Crippen LogP contribution in [0.2, 0.25) is 0 Å². The van der Waals surface area contributed by atoms with Crippen molar-refractivity contribution in [3.8, 4) is 0 Å². The van der Waals surface area contributed by atoms with Gasteiger partial charge in [-0.15, -0.1) is 11.3 Å². The third kappa shape index (κ3) is 5.32. The van der Waals surface area contributed by atoms with E-state index in [0.717, 1.165) is 49.7 Å². The van der Waals surface area contributed by atoms with E-state index in [4.69, 9.17) is 0 Å². The summed E-state index contributed by atoms with van der Waals surface area (Å²) in [4.78, 5) is 24.2. The summed E-state index contributed by atoms with van der Waals surface area (Å²) in [5.41, 5.74) is 3.53. The number of hydrogen-bond acceptors (Lipinski definition) is 5. The number of carbonyl (C=O) groups excluding carboxylic acids is 1. The standard InChI is InChI=1S/C22H32N4OS/c1-5-26(14-18-6-8-21(9-7-18)24(3)4)22(27)19-10-12-25(13-11-19)15-20-16-28-17(2)23-20/h6-9,16,19H,5,10-15H2,1-4H3. The van der Waals surface area contributed by atoms with E-state index >= 15 is 0 Å². The van der Waals surface area contributed by atoms with E-state index in [1.165, 1.54) is 11.3 Å². The van der Waals surface area contributed by atoms with Crippen LogP contribution in [0.5, 0.6) is 0 Å². The molecule has 0 atom stereocenters. The van der Waals surface area contributed by atoms with Crippen LogP contribution in [0.3, 0.4) is 0 Å². The van der Waals surface area contributed by atoms with Crippen LogP contribution in [0.15, 0.2) is 29.6 Å². The van der Waals surface area contributed by atoms with Crippen molar-refractivity contribution in [1.29, 1.82) is 0 Å². The molecule has 0 saturated carbocycles. The maximum Gasteiger partial charge on any atom is 0.226 e. The van der Waals surface area contributed by atoms with Crippen LogP contribution in [0.4, 0.5) is 5.69 Å². The van der Waals surface area contributed by atoms with Gasteiger partial charge in [0.2, 0.25) is 5.91 Å². The van der Waals surface area contributed by atoms with E-state index in [9.17, 15) is 4.79 Å². The topological polar surface area (TPSA) is 39.7 Å². The highest BCUT2D eigenvalue weighted by molar-refractivity contribution is 7.09. The first-order valence-electron chi connectivity index (χ1n) is 10.1. The summed E-state index contributed by atoms with van der Waals surface area (Å²) in [7, 11) is 4.08. The molecule has 6 heteroatoms. The van der Waals surface area contributed by atoms with Gasteiger partial charge in [-0.05, 0) is 57.5 Å². The molecule has 3 rings (SSSR count). The molecule has 2 heterocycles. The number of piperidine rings is 1. The molecular weight excluding hydrogens is 368 g/mol. The van der Waals surface area contributed by atoms with E-state index in [-0.39, 0.29) is 5.92 Å². The Morgan fingerprint density at radius 1 is 1.21 bits per heavy atom. The number of hydrogen-bond donors (Lipinski definition) is 0. The van der Waals surface area contributed by atoms with Crippen molar-refractivity contribution in [3.63, 3.8) is 0 Å². The summed E-state index contributed by atoms with van der Waals surface area (Å²) >= 11 is 1.71. The maximum absolute atomic E-state index is 13.1. The minimum absolute atomic E-state index is 0.148. The average Bonchev–Trinajstić information content (AvgIpc) is 3.11. The Labute approximate surface area is 173 Å². The summed E-state index contributed by atoms with van der Waals surface area (Å²) in [6.45, 7) is 8.43. The Kier molecular flexibility index (Phi) is 7.08. The lowest BCUT2D eigenvalue weighted by Gasteiger charge is -2.33. The number of anilines is 1. The largest absolute Gasteiger partial charge is 0.378 e. The van der Waals surface area contributed by atoms with Crippen LogP contribution < -0.4 is 4.90 Å². The van der Waals surface area contributed by atoms with E-state index in [0.29, 0.717) is 12.5 Å². The monoisotopic (exact) mass is 400 g/mol. The zero-order chi connectivity index (χ0) is 20.1. The van der Waals surface area contributed by atoms with Gasteiger partial charge in [0.1, 0.15) is 0 Å². The Balaban J connectivity index is 1.52. The Morgan fingerprint density at radius 3 is 2.43 bits per heavy atom. The van der Waals surface area contributed by atoms with Gasteiger partial charge in [0.25, 0.3) is 0 Å². The molecule has 0 bridgehead atoms. The number of thiazole rings is 1. The number of carbonyl (C=O) groups is 1. The molecule has 0 spiro atoms. The molecule has 1 aliphatic heterocycles. The number of aromatic nitrogens is 1. The van der Waals surface area contributed by atoms with Crippen molar-refractivity contribution in [2.24, 2.45) is 5.92 Å². The van der Waals surface area contributed by atoms with Crippen molar-refractivity contribution in [3.05, 3.63) is 45.9 Å². The van der Waals surface area contributed by atoms with E-state index in [1.807, 2.05) is 25.9 Å². The van der Waals surface area contributed by atoms with Crippen molar-refractivity contribution < 1.29 is 4.79 Å². The lowest BCUT2D eigenvalue weighted by molar-refractivity contribution is -0.137. The highest BCUT2D eigenvalue weighted by atomic mass is 32.1. The lowest BCUT2D eigenvalue weighted by Crippen LogP contribution is -2.42. The first-order valence-corrected chi connectivity index (χ1v) is 11.0. The van der Waals surface area contributed by atoms with E-state index < -0.39 is 0 Å². The molecule has 1 aromatic heterocycles. The highest BCUT2D eigenvalue weighted by Gasteiger charge is 2.28. The number of amides is 1. The molecule has 152 valence electrons. The van der Waals surface area contributed by atoms with Crippen LogP contribution in [0.1, 0.15) is 36.0 Å². The molecule has 1 fully saturated rings. The zero-order valence-corrected chi connectivity index (χ0v) is 18.3. The molecule has 5 nitrogen and oxygen atoms in total. The Bertz CT molecular complexity index is 763. The van der Waals surface area contributed by atoms with Crippen molar-refractivity contribution in [1.82, 2.24) is 14.8 Å². The molecule has 0 unspecified atom stereocenters. The fraction of sp³-hybridized carbons (Fsp3) is 0.545. The molecular formula is C22H32N4OS. The summed E-state index contributed by atoms with van der Waals surface area (Å²) < 4.78 is 0. The van der Waals surface area contributed by atoms with Gasteiger partial charge in [0.05, 0.1) is 10.7 Å². The Hall–Kier alpha value is -1.92. The SMILES string of the molecule is CCN(Cc1ccc(N(C)C)cc1)C(=O)C1CCN(Cc2csc(C)n2)CC1. The summed E-state index contributed by atoms with van der Waals surface area (Å²) in [6.07, 6.45) is 1.88. The second-order valence-electron chi connectivity index (χ2n) is 7.82. The highest BCUT2D eigenvalue weighted by Crippen LogP contribution is 2.23. The average molecular weight is 401 g/mol. The molecule has 2 aromatic rings. The van der Waals surface area contributed by atoms with E-state index in [1.54, 1.807) is 11.3 Å². The van der Waals surface area contributed by atoms with Gasteiger partial charge in [-0.25, -0.2) is 4.98 Å². The molecule has 0 radical (unpaired) electrons. The van der Waals surface area contributed by atoms with Crippen molar-refractivity contribution >= 4 is 22.9 Å². The predicted octanol–water partition coefficient (Wildman–Crippen LogP) is 3.78. The minimum atomic E-state index is 0.148. The molecule has 0 aliphatic carbocycles. The maximum atomic E-state index is 13.1.